The predicted octanol–water partition coefficient (Wildman–Crippen LogP) is 1.96. The van der Waals surface area contributed by atoms with E-state index in [-0.39, 0.29) is 0 Å². The lowest BCUT2D eigenvalue weighted by atomic mass is 10.1. The molecular formula is C9H16N2S2. The van der Waals surface area contributed by atoms with Crippen molar-refractivity contribution in [1.82, 2.24) is 5.32 Å². The zero-order chi connectivity index (χ0) is 9.15. The van der Waals surface area contributed by atoms with Gasteiger partial charge in [-0.25, -0.2) is 0 Å². The molecule has 2 nitrogen and oxygen atoms in total. The molecule has 2 aliphatic heterocycles. The number of hydrogen-bond donors (Lipinski definition) is 1. The van der Waals surface area contributed by atoms with Crippen LogP contribution in [0.2, 0.25) is 0 Å². The average molecular weight is 216 g/mol. The maximum atomic E-state index is 4.39. The molecule has 1 saturated heterocycles. The summed E-state index contributed by atoms with van der Waals surface area (Å²) in [6.45, 7) is 4.44. The van der Waals surface area contributed by atoms with E-state index in [4.69, 9.17) is 0 Å². The average Bonchev–Trinajstić information content (AvgIpc) is 2.72. The van der Waals surface area contributed by atoms with Gasteiger partial charge in [0.25, 0.3) is 0 Å². The molecule has 1 fully saturated rings. The fourth-order valence-corrected chi connectivity index (χ4v) is 3.66. The van der Waals surface area contributed by atoms with Crippen LogP contribution in [-0.4, -0.2) is 34.5 Å². The lowest BCUT2D eigenvalue weighted by Crippen LogP contribution is -2.35. The van der Waals surface area contributed by atoms with Crippen molar-refractivity contribution in [2.75, 3.05) is 24.6 Å². The largest absolute Gasteiger partial charge is 0.364 e. The van der Waals surface area contributed by atoms with Crippen molar-refractivity contribution in [2.45, 2.75) is 24.5 Å². The van der Waals surface area contributed by atoms with Crippen molar-refractivity contribution >= 4 is 28.7 Å². The molecule has 0 saturated carbocycles. The molecule has 1 N–H and O–H groups in total. The van der Waals surface area contributed by atoms with Gasteiger partial charge in [-0.2, -0.15) is 11.8 Å². The quantitative estimate of drug-likeness (QED) is 0.763. The van der Waals surface area contributed by atoms with Gasteiger partial charge in [-0.15, -0.1) is 0 Å². The first-order valence-electron chi connectivity index (χ1n) is 4.84. The van der Waals surface area contributed by atoms with Gasteiger partial charge in [-0.05, 0) is 25.5 Å². The standard InChI is InChI=1S/C9H16N2S2/c1-9(3-2-5-13-9)7-11-8-10-4-6-12-8/h2-7H2,1H3,(H,10,11). The van der Waals surface area contributed by atoms with E-state index in [2.05, 4.69) is 29.0 Å². The van der Waals surface area contributed by atoms with E-state index in [1.165, 1.54) is 18.6 Å². The highest BCUT2D eigenvalue weighted by Gasteiger charge is 2.29. The molecule has 0 aromatic carbocycles. The van der Waals surface area contributed by atoms with Crippen LogP contribution in [0.4, 0.5) is 0 Å². The van der Waals surface area contributed by atoms with Crippen LogP contribution in [0.25, 0.3) is 0 Å². The topological polar surface area (TPSA) is 24.4 Å². The van der Waals surface area contributed by atoms with Gasteiger partial charge in [0.15, 0.2) is 5.17 Å². The Bertz CT molecular complexity index is 210. The van der Waals surface area contributed by atoms with Gasteiger partial charge >= 0.3 is 0 Å². The van der Waals surface area contributed by atoms with Crippen molar-refractivity contribution in [1.29, 1.82) is 0 Å². The minimum atomic E-state index is 0.464. The van der Waals surface area contributed by atoms with Crippen molar-refractivity contribution in [3.63, 3.8) is 0 Å². The van der Waals surface area contributed by atoms with Crippen LogP contribution in [-0.2, 0) is 0 Å². The van der Waals surface area contributed by atoms with E-state index < -0.39 is 0 Å². The fourth-order valence-electron chi connectivity index (χ4n) is 1.68. The van der Waals surface area contributed by atoms with Crippen LogP contribution in [0.5, 0.6) is 0 Å². The first-order chi connectivity index (χ1) is 6.29. The van der Waals surface area contributed by atoms with E-state index in [0.29, 0.717) is 4.75 Å². The fraction of sp³-hybridized carbons (Fsp3) is 0.889. The second-order valence-corrected chi connectivity index (χ2v) is 6.56. The third-order valence-corrected chi connectivity index (χ3v) is 4.97. The molecule has 1 atom stereocenters. The van der Waals surface area contributed by atoms with Crippen molar-refractivity contribution < 1.29 is 0 Å². The molecule has 0 spiro atoms. The molecule has 0 bridgehead atoms. The lowest BCUT2D eigenvalue weighted by molar-refractivity contribution is 0.593. The summed E-state index contributed by atoms with van der Waals surface area (Å²) in [5.41, 5.74) is 0. The van der Waals surface area contributed by atoms with Crippen molar-refractivity contribution in [3.8, 4) is 0 Å². The molecular weight excluding hydrogens is 200 g/mol. The van der Waals surface area contributed by atoms with Gasteiger partial charge < -0.3 is 5.32 Å². The van der Waals surface area contributed by atoms with Crippen LogP contribution in [0, 0.1) is 0 Å². The Labute approximate surface area is 88.3 Å². The highest BCUT2D eigenvalue weighted by molar-refractivity contribution is 8.14. The molecule has 0 aliphatic carbocycles. The summed E-state index contributed by atoms with van der Waals surface area (Å²) >= 11 is 3.96. The summed E-state index contributed by atoms with van der Waals surface area (Å²) in [5.74, 6) is 2.49. The van der Waals surface area contributed by atoms with Crippen LogP contribution in [0.3, 0.4) is 0 Å². The number of aliphatic imine (C=N–C) groups is 1. The summed E-state index contributed by atoms with van der Waals surface area (Å²) in [7, 11) is 0. The Hall–Kier alpha value is 0.170. The molecule has 4 heteroatoms. The SMILES string of the molecule is CC1(CNC2=NCCS2)CCCS1. The van der Waals surface area contributed by atoms with Gasteiger partial charge in [-0.1, -0.05) is 11.8 Å². The number of rotatable bonds is 2. The number of hydrogen-bond acceptors (Lipinski definition) is 4. The zero-order valence-electron chi connectivity index (χ0n) is 8.01. The van der Waals surface area contributed by atoms with Gasteiger partial charge in [0.2, 0.25) is 0 Å². The first kappa shape index (κ1) is 9.71. The van der Waals surface area contributed by atoms with Crippen LogP contribution in [0.1, 0.15) is 19.8 Å². The Morgan fingerprint density at radius 3 is 3.08 bits per heavy atom. The molecule has 2 rings (SSSR count). The molecule has 0 radical (unpaired) electrons. The Morgan fingerprint density at radius 2 is 2.46 bits per heavy atom. The number of nitrogens with one attached hydrogen (secondary N) is 1. The monoisotopic (exact) mass is 216 g/mol. The molecule has 0 aromatic rings. The van der Waals surface area contributed by atoms with E-state index >= 15 is 0 Å². The van der Waals surface area contributed by atoms with Crippen molar-refractivity contribution in [2.24, 2.45) is 4.99 Å². The molecule has 1 unspecified atom stereocenters. The second-order valence-electron chi connectivity index (χ2n) is 3.79. The van der Waals surface area contributed by atoms with Crippen LogP contribution in [0.15, 0.2) is 4.99 Å². The predicted molar refractivity (Wildman–Crippen MR) is 62.9 cm³/mol. The molecule has 74 valence electrons. The third kappa shape index (κ3) is 2.56. The molecule has 0 amide bonds. The highest BCUT2D eigenvalue weighted by Crippen LogP contribution is 2.37. The van der Waals surface area contributed by atoms with Crippen molar-refractivity contribution in [3.05, 3.63) is 0 Å². The van der Waals surface area contributed by atoms with Crippen LogP contribution < -0.4 is 5.32 Å². The lowest BCUT2D eigenvalue weighted by Gasteiger charge is -2.23. The number of nitrogens with zero attached hydrogens (tertiary/aromatic N) is 1. The summed E-state index contributed by atoms with van der Waals surface area (Å²) < 4.78 is 0.464. The summed E-state index contributed by atoms with van der Waals surface area (Å²) in [5, 5.41) is 4.62. The molecule has 2 heterocycles. The summed E-state index contributed by atoms with van der Waals surface area (Å²) in [4.78, 5) is 4.39. The van der Waals surface area contributed by atoms with E-state index in [1.807, 2.05) is 11.8 Å². The summed E-state index contributed by atoms with van der Waals surface area (Å²) in [6.07, 6.45) is 2.73. The second kappa shape index (κ2) is 4.13. The van der Waals surface area contributed by atoms with Gasteiger partial charge in [0.1, 0.15) is 0 Å². The number of thioether (sulfide) groups is 2. The summed E-state index contributed by atoms with van der Waals surface area (Å²) in [6, 6.07) is 0. The first-order valence-corrected chi connectivity index (χ1v) is 6.81. The maximum absolute atomic E-state index is 4.39. The molecule has 0 aromatic heterocycles. The van der Waals surface area contributed by atoms with E-state index in [0.717, 1.165) is 24.0 Å². The van der Waals surface area contributed by atoms with Gasteiger partial charge in [0.05, 0.1) is 6.54 Å². The van der Waals surface area contributed by atoms with E-state index in [9.17, 15) is 0 Å². The van der Waals surface area contributed by atoms with E-state index in [1.54, 1.807) is 0 Å². The normalized spacial score (nSPS) is 33.5. The van der Waals surface area contributed by atoms with Gasteiger partial charge in [0, 0.05) is 17.0 Å². The maximum Gasteiger partial charge on any atom is 0.156 e. The number of amidine groups is 1. The minimum Gasteiger partial charge on any atom is -0.364 e. The Kier molecular flexibility index (Phi) is 3.09. The van der Waals surface area contributed by atoms with Gasteiger partial charge in [-0.3, -0.25) is 4.99 Å². The third-order valence-electron chi connectivity index (χ3n) is 2.50. The molecule has 13 heavy (non-hydrogen) atoms. The smallest absolute Gasteiger partial charge is 0.156 e. The molecule has 2 aliphatic rings. The zero-order valence-corrected chi connectivity index (χ0v) is 9.64. The Balaban J connectivity index is 1.77. The van der Waals surface area contributed by atoms with Crippen LogP contribution >= 0.6 is 23.5 Å². The Morgan fingerprint density at radius 1 is 1.54 bits per heavy atom. The minimum absolute atomic E-state index is 0.464. The highest BCUT2D eigenvalue weighted by atomic mass is 32.2.